The van der Waals surface area contributed by atoms with E-state index in [2.05, 4.69) is 31.9 Å². The van der Waals surface area contributed by atoms with Gasteiger partial charge in [0.05, 0.1) is 0 Å². The number of aryl methyl sites for hydroxylation is 1. The molecule has 0 bridgehead atoms. The molecule has 2 aromatic carbocycles. The summed E-state index contributed by atoms with van der Waals surface area (Å²) in [5, 5.41) is 0. The van der Waals surface area contributed by atoms with Crippen molar-refractivity contribution in [3.63, 3.8) is 0 Å². The van der Waals surface area contributed by atoms with Crippen molar-refractivity contribution in [3.8, 4) is 0 Å². The van der Waals surface area contributed by atoms with Crippen LogP contribution in [0.5, 0.6) is 0 Å². The zero-order chi connectivity index (χ0) is 12.4. The van der Waals surface area contributed by atoms with Gasteiger partial charge in [-0.25, -0.2) is 0 Å². The summed E-state index contributed by atoms with van der Waals surface area (Å²) in [6.45, 7) is 1.99. The molecule has 0 saturated heterocycles. The number of carbonyl (C=O) groups excluding carboxylic acids is 1. The molecule has 2 rings (SSSR count). The number of rotatable bonds is 2. The Balaban J connectivity index is 2.48. The molecule has 17 heavy (non-hydrogen) atoms. The van der Waals surface area contributed by atoms with Crippen LogP contribution in [0.2, 0.25) is 0 Å². The lowest BCUT2D eigenvalue weighted by Gasteiger charge is -2.07. The second-order valence-electron chi connectivity index (χ2n) is 3.78. The summed E-state index contributed by atoms with van der Waals surface area (Å²) >= 11 is 6.89. The molecular weight excluding hydrogens is 344 g/mol. The Morgan fingerprint density at radius 2 is 1.65 bits per heavy atom. The molecule has 0 aliphatic carbocycles. The average molecular weight is 354 g/mol. The molecule has 2 aromatic rings. The van der Waals surface area contributed by atoms with Crippen LogP contribution in [0, 0.1) is 6.92 Å². The summed E-state index contributed by atoms with van der Waals surface area (Å²) in [6.07, 6.45) is 0. The van der Waals surface area contributed by atoms with E-state index in [0.29, 0.717) is 11.1 Å². The Morgan fingerprint density at radius 3 is 2.29 bits per heavy atom. The van der Waals surface area contributed by atoms with Gasteiger partial charge in [-0.2, -0.15) is 0 Å². The zero-order valence-electron chi connectivity index (χ0n) is 9.21. The average Bonchev–Trinajstić information content (AvgIpc) is 2.34. The van der Waals surface area contributed by atoms with E-state index in [0.717, 1.165) is 14.5 Å². The smallest absolute Gasteiger partial charge is 0.194 e. The minimum absolute atomic E-state index is 0.0261. The molecule has 0 aliphatic heterocycles. The number of carbonyl (C=O) groups is 1. The fourth-order valence-electron chi connectivity index (χ4n) is 1.57. The Bertz CT molecular complexity index is 562. The predicted octanol–water partition coefficient (Wildman–Crippen LogP) is 4.75. The Hall–Kier alpha value is -0.930. The van der Waals surface area contributed by atoms with Gasteiger partial charge in [-0.15, -0.1) is 0 Å². The van der Waals surface area contributed by atoms with E-state index >= 15 is 0 Å². The molecule has 86 valence electrons. The molecule has 0 amide bonds. The number of hydrogen-bond donors (Lipinski definition) is 0. The molecule has 0 fully saturated rings. The monoisotopic (exact) mass is 352 g/mol. The van der Waals surface area contributed by atoms with Gasteiger partial charge in [0.2, 0.25) is 0 Å². The molecule has 0 aliphatic rings. The van der Waals surface area contributed by atoms with E-state index in [-0.39, 0.29) is 5.78 Å². The van der Waals surface area contributed by atoms with Gasteiger partial charge < -0.3 is 0 Å². The van der Waals surface area contributed by atoms with Crippen LogP contribution in [0.1, 0.15) is 21.5 Å². The van der Waals surface area contributed by atoms with Crippen LogP contribution in [-0.2, 0) is 0 Å². The van der Waals surface area contributed by atoms with Crippen LogP contribution in [0.3, 0.4) is 0 Å². The molecule has 0 unspecified atom stereocenters. The molecular formula is C14H10Br2O. The largest absolute Gasteiger partial charge is 0.289 e. The lowest BCUT2D eigenvalue weighted by molar-refractivity contribution is 0.103. The first-order chi connectivity index (χ1) is 8.09. The molecule has 0 saturated carbocycles. The van der Waals surface area contributed by atoms with Crippen molar-refractivity contribution in [2.75, 3.05) is 0 Å². The fourth-order valence-corrected chi connectivity index (χ4v) is 2.55. The maximum atomic E-state index is 12.3. The third-order valence-electron chi connectivity index (χ3n) is 2.53. The van der Waals surface area contributed by atoms with Crippen molar-refractivity contribution < 1.29 is 4.79 Å². The summed E-state index contributed by atoms with van der Waals surface area (Å²) in [7, 11) is 0. The third-order valence-corrected chi connectivity index (χ3v) is 4.04. The maximum Gasteiger partial charge on any atom is 0.194 e. The fraction of sp³-hybridized carbons (Fsp3) is 0.0714. The minimum Gasteiger partial charge on any atom is -0.289 e. The number of ketones is 1. The van der Waals surface area contributed by atoms with Gasteiger partial charge in [0, 0.05) is 20.1 Å². The highest BCUT2D eigenvalue weighted by molar-refractivity contribution is 9.11. The highest BCUT2D eigenvalue weighted by Gasteiger charge is 2.13. The van der Waals surface area contributed by atoms with Gasteiger partial charge in [0.1, 0.15) is 0 Å². The van der Waals surface area contributed by atoms with E-state index in [4.69, 9.17) is 0 Å². The van der Waals surface area contributed by atoms with E-state index in [1.807, 2.05) is 49.4 Å². The first-order valence-electron chi connectivity index (χ1n) is 5.15. The Labute approximate surface area is 117 Å². The van der Waals surface area contributed by atoms with Crippen LogP contribution >= 0.6 is 31.9 Å². The summed E-state index contributed by atoms with van der Waals surface area (Å²) in [6, 6.07) is 13.1. The molecule has 0 aromatic heterocycles. The first-order valence-corrected chi connectivity index (χ1v) is 6.73. The summed E-state index contributed by atoms with van der Waals surface area (Å²) in [5.41, 5.74) is 2.47. The van der Waals surface area contributed by atoms with Gasteiger partial charge in [-0.1, -0.05) is 62.2 Å². The van der Waals surface area contributed by atoms with Crippen molar-refractivity contribution in [1.29, 1.82) is 0 Å². The number of benzene rings is 2. The third kappa shape index (κ3) is 2.67. The quantitative estimate of drug-likeness (QED) is 0.712. The van der Waals surface area contributed by atoms with Gasteiger partial charge in [0.25, 0.3) is 0 Å². The van der Waals surface area contributed by atoms with Gasteiger partial charge in [-0.05, 0) is 24.6 Å². The van der Waals surface area contributed by atoms with E-state index < -0.39 is 0 Å². The van der Waals surface area contributed by atoms with Crippen molar-refractivity contribution in [1.82, 2.24) is 0 Å². The molecule has 0 spiro atoms. The van der Waals surface area contributed by atoms with Crippen molar-refractivity contribution in [2.24, 2.45) is 0 Å². The van der Waals surface area contributed by atoms with E-state index in [1.54, 1.807) is 0 Å². The van der Waals surface area contributed by atoms with E-state index in [1.165, 1.54) is 0 Å². The molecule has 0 radical (unpaired) electrons. The zero-order valence-corrected chi connectivity index (χ0v) is 12.4. The summed E-state index contributed by atoms with van der Waals surface area (Å²) in [5.74, 6) is 0.0261. The minimum atomic E-state index is 0.0261. The molecule has 3 heteroatoms. The molecule has 1 nitrogen and oxygen atoms in total. The van der Waals surface area contributed by atoms with Crippen molar-refractivity contribution >= 4 is 37.6 Å². The highest BCUT2D eigenvalue weighted by Crippen LogP contribution is 2.27. The molecule has 0 atom stereocenters. The topological polar surface area (TPSA) is 17.1 Å². The van der Waals surface area contributed by atoms with Crippen LogP contribution < -0.4 is 0 Å². The van der Waals surface area contributed by atoms with Crippen molar-refractivity contribution in [3.05, 3.63) is 68.1 Å². The Kier molecular flexibility index (Phi) is 3.79. The maximum absolute atomic E-state index is 12.3. The second kappa shape index (κ2) is 5.15. The normalized spacial score (nSPS) is 10.3. The van der Waals surface area contributed by atoms with E-state index in [9.17, 15) is 4.79 Å². The summed E-state index contributed by atoms with van der Waals surface area (Å²) in [4.78, 5) is 12.3. The lowest BCUT2D eigenvalue weighted by Crippen LogP contribution is -2.02. The number of hydrogen-bond acceptors (Lipinski definition) is 1. The van der Waals surface area contributed by atoms with Crippen LogP contribution in [0.25, 0.3) is 0 Å². The lowest BCUT2D eigenvalue weighted by atomic mass is 10.0. The van der Waals surface area contributed by atoms with Crippen LogP contribution in [0.4, 0.5) is 0 Å². The van der Waals surface area contributed by atoms with Crippen LogP contribution in [-0.4, -0.2) is 5.78 Å². The standard InChI is InChI=1S/C14H10Br2O/c1-9-7-13(16)11(8-12(9)15)14(17)10-5-3-2-4-6-10/h2-8H,1H3. The van der Waals surface area contributed by atoms with Gasteiger partial charge >= 0.3 is 0 Å². The van der Waals surface area contributed by atoms with Gasteiger partial charge in [-0.3, -0.25) is 4.79 Å². The van der Waals surface area contributed by atoms with Crippen LogP contribution in [0.15, 0.2) is 51.4 Å². The van der Waals surface area contributed by atoms with Crippen molar-refractivity contribution in [2.45, 2.75) is 6.92 Å². The predicted molar refractivity (Wildman–Crippen MR) is 76.5 cm³/mol. The number of halogens is 2. The van der Waals surface area contributed by atoms with Gasteiger partial charge in [0.15, 0.2) is 5.78 Å². The SMILES string of the molecule is Cc1cc(Br)c(C(=O)c2ccccc2)cc1Br. The summed E-state index contributed by atoms with van der Waals surface area (Å²) < 4.78 is 1.77. The first kappa shape index (κ1) is 12.5. The Morgan fingerprint density at radius 1 is 1.00 bits per heavy atom. The molecule has 0 N–H and O–H groups in total. The molecule has 0 heterocycles. The highest BCUT2D eigenvalue weighted by atomic mass is 79.9. The second-order valence-corrected chi connectivity index (χ2v) is 5.49.